The molecule has 2 aliphatic heterocycles. The number of allylic oxidation sites excluding steroid dienone is 1. The third kappa shape index (κ3) is 2.17. The zero-order chi connectivity index (χ0) is 13.4. The minimum Gasteiger partial charge on any atom is -0.370 e. The van der Waals surface area contributed by atoms with Gasteiger partial charge >= 0.3 is 0 Å². The van der Waals surface area contributed by atoms with Gasteiger partial charge in [-0.15, -0.1) is 0 Å². The zero-order valence-corrected chi connectivity index (χ0v) is 11.1. The first-order chi connectivity index (χ1) is 9.15. The summed E-state index contributed by atoms with van der Waals surface area (Å²) in [6, 6.07) is 3.83. The Kier molecular flexibility index (Phi) is 2.90. The van der Waals surface area contributed by atoms with Crippen molar-refractivity contribution >= 4 is 23.6 Å². The number of hydrogen-bond donors (Lipinski definition) is 3. The summed E-state index contributed by atoms with van der Waals surface area (Å²) >= 11 is 1.56. The van der Waals surface area contributed by atoms with Crippen molar-refractivity contribution in [3.63, 3.8) is 0 Å². The Morgan fingerprint density at radius 3 is 2.84 bits per heavy atom. The Morgan fingerprint density at radius 2 is 2.11 bits per heavy atom. The van der Waals surface area contributed by atoms with Gasteiger partial charge in [-0.25, -0.2) is 4.99 Å². The zero-order valence-electron chi connectivity index (χ0n) is 10.3. The molecule has 0 saturated heterocycles. The van der Waals surface area contributed by atoms with Crippen LogP contribution in [0.2, 0.25) is 0 Å². The van der Waals surface area contributed by atoms with Crippen LogP contribution in [0.25, 0.3) is 0 Å². The first-order valence-corrected chi connectivity index (χ1v) is 6.66. The van der Waals surface area contributed by atoms with Gasteiger partial charge < -0.3 is 11.1 Å². The van der Waals surface area contributed by atoms with E-state index in [9.17, 15) is 4.79 Å². The fraction of sp³-hybridized carbons (Fsp3) is 0.250. The number of nitrogens with one attached hydrogen (secondary N) is 2. The third-order valence-electron chi connectivity index (χ3n) is 3.02. The number of guanidine groups is 1. The van der Waals surface area contributed by atoms with Crippen LogP contribution in [-0.2, 0) is 4.79 Å². The highest BCUT2D eigenvalue weighted by molar-refractivity contribution is 8.03. The first kappa shape index (κ1) is 12.0. The SMILES string of the molecule is CC1=C(Sc2ccncc2)C2C(=O)NC(N)=NC2N1. The summed E-state index contributed by atoms with van der Waals surface area (Å²) in [5.74, 6) is -0.259. The largest absolute Gasteiger partial charge is 0.370 e. The van der Waals surface area contributed by atoms with E-state index in [1.807, 2.05) is 19.1 Å². The normalized spacial score (nSPS) is 25.5. The lowest BCUT2D eigenvalue weighted by Crippen LogP contribution is -2.50. The molecule has 7 heteroatoms. The second kappa shape index (κ2) is 4.58. The summed E-state index contributed by atoms with van der Waals surface area (Å²) in [5.41, 5.74) is 6.53. The van der Waals surface area contributed by atoms with Crippen LogP contribution in [-0.4, -0.2) is 23.0 Å². The fourth-order valence-electron chi connectivity index (χ4n) is 2.18. The summed E-state index contributed by atoms with van der Waals surface area (Å²) in [4.78, 5) is 22.3. The van der Waals surface area contributed by atoms with Crippen LogP contribution in [0.5, 0.6) is 0 Å². The van der Waals surface area contributed by atoms with Crippen molar-refractivity contribution in [2.45, 2.75) is 18.0 Å². The smallest absolute Gasteiger partial charge is 0.238 e. The van der Waals surface area contributed by atoms with Gasteiger partial charge in [-0.2, -0.15) is 0 Å². The highest BCUT2D eigenvalue weighted by atomic mass is 32.2. The quantitative estimate of drug-likeness (QED) is 0.726. The van der Waals surface area contributed by atoms with E-state index in [0.717, 1.165) is 15.5 Å². The maximum atomic E-state index is 12.1. The summed E-state index contributed by atoms with van der Waals surface area (Å²) in [5, 5.41) is 5.78. The van der Waals surface area contributed by atoms with Gasteiger partial charge in [0.15, 0.2) is 5.96 Å². The van der Waals surface area contributed by atoms with Gasteiger partial charge in [0.2, 0.25) is 5.91 Å². The van der Waals surface area contributed by atoms with Crippen molar-refractivity contribution in [3.8, 4) is 0 Å². The van der Waals surface area contributed by atoms with Crippen molar-refractivity contribution in [2.75, 3.05) is 0 Å². The minimum atomic E-state index is -0.314. The molecule has 0 radical (unpaired) electrons. The number of fused-ring (bicyclic) bond motifs is 1. The van der Waals surface area contributed by atoms with Crippen LogP contribution in [0.1, 0.15) is 6.92 Å². The van der Waals surface area contributed by atoms with Crippen molar-refractivity contribution in [1.82, 2.24) is 15.6 Å². The van der Waals surface area contributed by atoms with E-state index < -0.39 is 0 Å². The molecule has 0 aromatic carbocycles. The van der Waals surface area contributed by atoms with E-state index in [4.69, 9.17) is 5.73 Å². The minimum absolute atomic E-state index is 0.113. The van der Waals surface area contributed by atoms with Gasteiger partial charge in [0.1, 0.15) is 12.1 Å². The molecule has 1 amide bonds. The number of carbonyl (C=O) groups is 1. The van der Waals surface area contributed by atoms with Crippen LogP contribution in [0.4, 0.5) is 0 Å². The molecule has 0 saturated carbocycles. The van der Waals surface area contributed by atoms with Crippen molar-refractivity contribution in [3.05, 3.63) is 35.1 Å². The number of thioether (sulfide) groups is 1. The molecule has 0 fully saturated rings. The molecule has 6 nitrogen and oxygen atoms in total. The molecule has 2 atom stereocenters. The summed E-state index contributed by atoms with van der Waals surface area (Å²) < 4.78 is 0. The third-order valence-corrected chi connectivity index (χ3v) is 4.31. The molecular formula is C12H13N5OS. The maximum absolute atomic E-state index is 12.1. The van der Waals surface area contributed by atoms with E-state index in [-0.39, 0.29) is 24.0 Å². The number of nitrogens with zero attached hydrogens (tertiary/aromatic N) is 2. The summed E-state index contributed by atoms with van der Waals surface area (Å²) in [6.07, 6.45) is 3.17. The van der Waals surface area contributed by atoms with E-state index in [1.54, 1.807) is 24.2 Å². The molecule has 3 rings (SSSR count). The Hall–Kier alpha value is -2.02. The topological polar surface area (TPSA) is 92.4 Å². The lowest BCUT2D eigenvalue weighted by molar-refractivity contribution is -0.123. The number of nitrogens with two attached hydrogens (primary N) is 1. The van der Waals surface area contributed by atoms with Crippen molar-refractivity contribution in [2.24, 2.45) is 16.6 Å². The van der Waals surface area contributed by atoms with Gasteiger partial charge in [0, 0.05) is 27.9 Å². The van der Waals surface area contributed by atoms with Gasteiger partial charge in [-0.1, -0.05) is 11.8 Å². The number of aliphatic imine (C=N–C) groups is 1. The van der Waals surface area contributed by atoms with Gasteiger partial charge in [-0.05, 0) is 19.1 Å². The average Bonchev–Trinajstić information content (AvgIpc) is 2.67. The van der Waals surface area contributed by atoms with Crippen LogP contribution in [0, 0.1) is 5.92 Å². The highest BCUT2D eigenvalue weighted by Crippen LogP contribution is 2.40. The Morgan fingerprint density at radius 1 is 1.37 bits per heavy atom. The number of carbonyl (C=O) groups excluding carboxylic acids is 1. The van der Waals surface area contributed by atoms with E-state index in [0.29, 0.717) is 0 Å². The lowest BCUT2D eigenvalue weighted by atomic mass is 10.1. The summed E-state index contributed by atoms with van der Waals surface area (Å²) in [7, 11) is 0. The molecule has 1 aromatic heterocycles. The van der Waals surface area contributed by atoms with Gasteiger partial charge in [-0.3, -0.25) is 15.1 Å². The predicted molar refractivity (Wildman–Crippen MR) is 73.0 cm³/mol. The monoisotopic (exact) mass is 275 g/mol. The maximum Gasteiger partial charge on any atom is 0.238 e. The van der Waals surface area contributed by atoms with Gasteiger partial charge in [0.05, 0.1) is 0 Å². The molecular weight excluding hydrogens is 262 g/mol. The molecule has 0 bridgehead atoms. The first-order valence-electron chi connectivity index (χ1n) is 5.84. The van der Waals surface area contributed by atoms with E-state index in [2.05, 4.69) is 20.6 Å². The molecule has 1 aromatic rings. The van der Waals surface area contributed by atoms with E-state index in [1.165, 1.54) is 0 Å². The van der Waals surface area contributed by atoms with Gasteiger partial charge in [0.25, 0.3) is 0 Å². The standard InChI is InChI=1S/C12H13N5OS/c1-6-9(19-7-2-4-14-5-3-7)8-10(15-6)16-12(13)17-11(8)18/h2-5,8,10,15H,1H3,(H3,13,16,17,18). The van der Waals surface area contributed by atoms with Crippen LogP contribution in [0.15, 0.2) is 45.0 Å². The lowest BCUT2D eigenvalue weighted by Gasteiger charge is -2.23. The number of rotatable bonds is 2. The predicted octanol–water partition coefficient (Wildman–Crippen LogP) is 0.395. The average molecular weight is 275 g/mol. The van der Waals surface area contributed by atoms with E-state index >= 15 is 0 Å². The second-order valence-electron chi connectivity index (χ2n) is 4.34. The number of hydrogen-bond acceptors (Lipinski definition) is 6. The fourth-order valence-corrected chi connectivity index (χ4v) is 3.27. The van der Waals surface area contributed by atoms with Crippen molar-refractivity contribution < 1.29 is 4.79 Å². The molecule has 19 heavy (non-hydrogen) atoms. The molecule has 98 valence electrons. The molecule has 2 aliphatic rings. The van der Waals surface area contributed by atoms with Crippen molar-refractivity contribution in [1.29, 1.82) is 0 Å². The Bertz CT molecular complexity index is 583. The molecule has 4 N–H and O–H groups in total. The number of aromatic nitrogens is 1. The molecule has 0 aliphatic carbocycles. The number of pyridine rings is 1. The van der Waals surface area contributed by atoms with Crippen LogP contribution in [0.3, 0.4) is 0 Å². The molecule has 3 heterocycles. The molecule has 0 spiro atoms. The molecule has 2 unspecified atom stereocenters. The second-order valence-corrected chi connectivity index (χ2v) is 5.46. The van der Waals surface area contributed by atoms with Crippen LogP contribution < -0.4 is 16.4 Å². The number of amides is 1. The summed E-state index contributed by atoms with van der Waals surface area (Å²) in [6.45, 7) is 1.95. The Labute approximate surface area is 114 Å². The Balaban J connectivity index is 1.89. The van der Waals surface area contributed by atoms with Crippen LogP contribution >= 0.6 is 11.8 Å². The highest BCUT2D eigenvalue weighted by Gasteiger charge is 2.41.